The van der Waals surface area contributed by atoms with Crippen molar-refractivity contribution in [3.8, 4) is 6.07 Å². The number of pyridine rings is 1. The molecule has 0 bridgehead atoms. The van der Waals surface area contributed by atoms with Gasteiger partial charge >= 0.3 is 0 Å². The van der Waals surface area contributed by atoms with Crippen LogP contribution in [-0.4, -0.2) is 12.1 Å². The summed E-state index contributed by atoms with van der Waals surface area (Å²) in [6, 6.07) is 13.8. The van der Waals surface area contributed by atoms with Gasteiger partial charge in [-0.2, -0.15) is 5.26 Å². The van der Waals surface area contributed by atoms with Crippen LogP contribution >= 0.6 is 0 Å². The topological polar surface area (TPSA) is 57.9 Å². The molecule has 20 heavy (non-hydrogen) atoms. The molecule has 0 radical (unpaired) electrons. The lowest BCUT2D eigenvalue weighted by molar-refractivity contribution is 0.184. The molecule has 0 saturated carbocycles. The zero-order valence-electron chi connectivity index (χ0n) is 11.7. The Kier molecular flexibility index (Phi) is 4.70. The second-order valence-corrected chi connectivity index (χ2v) is 4.52. The lowest BCUT2D eigenvalue weighted by Crippen LogP contribution is -2.06. The fourth-order valence-corrected chi connectivity index (χ4v) is 1.99. The third-order valence-corrected chi connectivity index (χ3v) is 3.02. The molecule has 2 aromatic rings. The van der Waals surface area contributed by atoms with Gasteiger partial charge in [-0.25, -0.2) is 4.98 Å². The van der Waals surface area contributed by atoms with Gasteiger partial charge in [0.2, 0.25) is 0 Å². The number of rotatable bonds is 5. The molecule has 0 amide bonds. The predicted octanol–water partition coefficient (Wildman–Crippen LogP) is 3.02. The van der Waals surface area contributed by atoms with Crippen LogP contribution in [-0.2, 0) is 17.9 Å². The van der Waals surface area contributed by atoms with Crippen molar-refractivity contribution in [2.24, 2.45) is 0 Å². The maximum atomic E-state index is 9.10. The number of anilines is 1. The monoisotopic (exact) mass is 267 g/mol. The Hall–Kier alpha value is -2.38. The third kappa shape index (κ3) is 3.34. The van der Waals surface area contributed by atoms with Gasteiger partial charge in [-0.15, -0.1) is 0 Å². The van der Waals surface area contributed by atoms with Crippen LogP contribution in [0, 0.1) is 18.3 Å². The first kappa shape index (κ1) is 14.0. The van der Waals surface area contributed by atoms with E-state index in [1.54, 1.807) is 13.2 Å². The molecule has 1 heterocycles. The number of nitriles is 1. The summed E-state index contributed by atoms with van der Waals surface area (Å²) in [6.07, 6.45) is 0. The van der Waals surface area contributed by atoms with Crippen molar-refractivity contribution in [3.63, 3.8) is 0 Å². The first-order valence-electron chi connectivity index (χ1n) is 6.42. The highest BCUT2D eigenvalue weighted by atomic mass is 16.5. The molecule has 0 saturated heterocycles. The fraction of sp³-hybridized carbons (Fsp3) is 0.250. The van der Waals surface area contributed by atoms with Crippen molar-refractivity contribution in [2.45, 2.75) is 20.1 Å². The highest BCUT2D eigenvalue weighted by Gasteiger charge is 2.06. The summed E-state index contributed by atoms with van der Waals surface area (Å²) in [7, 11) is 1.68. The van der Waals surface area contributed by atoms with Crippen LogP contribution in [0.5, 0.6) is 0 Å². The summed E-state index contributed by atoms with van der Waals surface area (Å²) in [5.74, 6) is 0.625. The Morgan fingerprint density at radius 1 is 1.20 bits per heavy atom. The Bertz CT molecular complexity index is 632. The Balaban J connectivity index is 2.17. The first-order chi connectivity index (χ1) is 9.74. The summed E-state index contributed by atoms with van der Waals surface area (Å²) in [5.41, 5.74) is 3.71. The quantitative estimate of drug-likeness (QED) is 0.904. The number of nitrogens with one attached hydrogen (secondary N) is 1. The Morgan fingerprint density at radius 2 is 1.95 bits per heavy atom. The van der Waals surface area contributed by atoms with Crippen molar-refractivity contribution in [1.29, 1.82) is 5.26 Å². The molecule has 1 aromatic heterocycles. The summed E-state index contributed by atoms with van der Waals surface area (Å²) >= 11 is 0. The summed E-state index contributed by atoms with van der Waals surface area (Å²) in [6.45, 7) is 3.10. The van der Waals surface area contributed by atoms with Crippen molar-refractivity contribution in [3.05, 3.63) is 58.8 Å². The largest absolute Gasteiger partial charge is 0.380 e. The molecule has 0 atom stereocenters. The van der Waals surface area contributed by atoms with E-state index >= 15 is 0 Å². The van der Waals surface area contributed by atoms with Crippen LogP contribution in [0.2, 0.25) is 0 Å². The van der Waals surface area contributed by atoms with Gasteiger partial charge in [0.05, 0.1) is 12.2 Å². The Labute approximate surface area is 119 Å². The second kappa shape index (κ2) is 6.69. The minimum absolute atomic E-state index is 0.555. The molecular weight excluding hydrogens is 250 g/mol. The highest BCUT2D eigenvalue weighted by molar-refractivity contribution is 5.52. The van der Waals surface area contributed by atoms with Gasteiger partial charge < -0.3 is 10.1 Å². The van der Waals surface area contributed by atoms with Crippen LogP contribution in [0.1, 0.15) is 22.4 Å². The van der Waals surface area contributed by atoms with Crippen molar-refractivity contribution in [1.82, 2.24) is 4.98 Å². The van der Waals surface area contributed by atoms with E-state index in [9.17, 15) is 0 Å². The number of hydrogen-bond acceptors (Lipinski definition) is 4. The molecule has 1 N–H and O–H groups in total. The normalized spacial score (nSPS) is 10.1. The minimum Gasteiger partial charge on any atom is -0.380 e. The van der Waals surface area contributed by atoms with Crippen molar-refractivity contribution in [2.75, 3.05) is 12.4 Å². The third-order valence-electron chi connectivity index (χ3n) is 3.02. The summed E-state index contributed by atoms with van der Waals surface area (Å²) < 4.78 is 5.19. The van der Waals surface area contributed by atoms with E-state index in [-0.39, 0.29) is 0 Å². The molecule has 0 aliphatic heterocycles. The molecule has 0 aliphatic rings. The molecule has 0 unspecified atom stereocenters. The number of methoxy groups -OCH3 is 1. The average Bonchev–Trinajstić information content (AvgIpc) is 2.47. The molecule has 4 heteroatoms. The molecule has 1 aromatic carbocycles. The van der Waals surface area contributed by atoms with Crippen LogP contribution in [0.25, 0.3) is 0 Å². The van der Waals surface area contributed by atoms with Crippen molar-refractivity contribution < 1.29 is 4.74 Å². The Morgan fingerprint density at radius 3 is 2.65 bits per heavy atom. The first-order valence-corrected chi connectivity index (χ1v) is 6.42. The molecule has 0 aliphatic carbocycles. The van der Waals surface area contributed by atoms with E-state index in [1.807, 2.05) is 37.3 Å². The van der Waals surface area contributed by atoms with Crippen LogP contribution < -0.4 is 5.32 Å². The maximum Gasteiger partial charge on any atom is 0.144 e. The lowest BCUT2D eigenvalue weighted by atomic mass is 10.1. The van der Waals surface area contributed by atoms with Gasteiger partial charge in [-0.1, -0.05) is 24.3 Å². The van der Waals surface area contributed by atoms with Crippen molar-refractivity contribution >= 4 is 5.82 Å². The standard InChI is InChI=1S/C16H17N3O/c1-12-7-8-13(9-17)16(19-12)18-10-14-5-3-4-6-15(14)11-20-2/h3-8H,10-11H2,1-2H3,(H,18,19). The molecular formula is C16H17N3O. The maximum absolute atomic E-state index is 9.10. The number of ether oxygens (including phenoxy) is 1. The summed E-state index contributed by atoms with van der Waals surface area (Å²) in [4.78, 5) is 4.37. The number of aromatic nitrogens is 1. The number of benzene rings is 1. The van der Waals surface area contributed by atoms with Crippen LogP contribution in [0.15, 0.2) is 36.4 Å². The predicted molar refractivity (Wildman–Crippen MR) is 78.2 cm³/mol. The van der Waals surface area contributed by atoms with E-state index in [2.05, 4.69) is 16.4 Å². The van der Waals surface area contributed by atoms with Crippen LogP contribution in [0.3, 0.4) is 0 Å². The van der Waals surface area contributed by atoms with Gasteiger partial charge in [0.15, 0.2) is 0 Å². The molecule has 0 fully saturated rings. The molecule has 2 rings (SSSR count). The molecule has 102 valence electrons. The number of nitrogens with zero attached hydrogens (tertiary/aromatic N) is 2. The van der Waals surface area contributed by atoms with Gasteiger partial charge in [0.1, 0.15) is 11.9 Å². The molecule has 4 nitrogen and oxygen atoms in total. The zero-order chi connectivity index (χ0) is 14.4. The highest BCUT2D eigenvalue weighted by Crippen LogP contribution is 2.16. The van der Waals surface area contributed by atoms with E-state index in [1.165, 1.54) is 0 Å². The van der Waals surface area contributed by atoms with Crippen LogP contribution in [0.4, 0.5) is 5.82 Å². The van der Waals surface area contributed by atoms with E-state index in [0.717, 1.165) is 16.8 Å². The number of aryl methyl sites for hydroxylation is 1. The van der Waals surface area contributed by atoms with Gasteiger partial charge in [0, 0.05) is 19.3 Å². The fourth-order valence-electron chi connectivity index (χ4n) is 1.99. The number of hydrogen-bond donors (Lipinski definition) is 1. The minimum atomic E-state index is 0.555. The smallest absolute Gasteiger partial charge is 0.144 e. The zero-order valence-corrected chi connectivity index (χ0v) is 11.7. The van der Waals surface area contributed by atoms with E-state index in [4.69, 9.17) is 10.00 Å². The average molecular weight is 267 g/mol. The SMILES string of the molecule is COCc1ccccc1CNc1nc(C)ccc1C#N. The van der Waals surface area contributed by atoms with E-state index < -0.39 is 0 Å². The summed E-state index contributed by atoms with van der Waals surface area (Å²) in [5, 5.41) is 12.3. The van der Waals surface area contributed by atoms with Gasteiger partial charge in [-0.05, 0) is 30.2 Å². The van der Waals surface area contributed by atoms with E-state index in [0.29, 0.717) is 24.5 Å². The lowest BCUT2D eigenvalue weighted by Gasteiger charge is -2.11. The van der Waals surface area contributed by atoms with Gasteiger partial charge in [-0.3, -0.25) is 0 Å². The molecule has 0 spiro atoms. The van der Waals surface area contributed by atoms with Gasteiger partial charge in [0.25, 0.3) is 0 Å². The second-order valence-electron chi connectivity index (χ2n) is 4.52.